The van der Waals surface area contributed by atoms with Crippen LogP contribution < -0.4 is 0 Å². The van der Waals surface area contributed by atoms with Crippen LogP contribution in [0.1, 0.15) is 12.0 Å². The Balaban J connectivity index is 1.96. The Labute approximate surface area is 104 Å². The van der Waals surface area contributed by atoms with Gasteiger partial charge in [-0.3, -0.25) is 4.79 Å². The second-order valence-corrected chi connectivity index (χ2v) is 7.00. The third kappa shape index (κ3) is 3.47. The molecule has 1 saturated heterocycles. The first kappa shape index (κ1) is 12.4. The Hall–Kier alpha value is -1.01. The van der Waals surface area contributed by atoms with E-state index in [0.29, 0.717) is 13.1 Å². The Morgan fingerprint density at radius 2 is 2.29 bits per heavy atom. The van der Waals surface area contributed by atoms with Gasteiger partial charge in [-0.1, -0.05) is 0 Å². The molecule has 0 spiro atoms. The van der Waals surface area contributed by atoms with Gasteiger partial charge in [0.15, 0.2) is 0 Å². The van der Waals surface area contributed by atoms with Gasteiger partial charge in [0, 0.05) is 41.7 Å². The molecule has 7 heteroatoms. The molecule has 0 saturated carbocycles. The van der Waals surface area contributed by atoms with E-state index in [4.69, 9.17) is 15.1 Å². The summed E-state index contributed by atoms with van der Waals surface area (Å²) in [6.45, 7) is 0.879. The number of halogens is 1. The molecule has 17 heavy (non-hydrogen) atoms. The molecule has 0 bridgehead atoms. The first-order chi connectivity index (χ1) is 7.94. The highest BCUT2D eigenvalue weighted by atomic mass is 35.7. The van der Waals surface area contributed by atoms with E-state index in [1.807, 2.05) is 0 Å². The molecule has 0 N–H and O–H groups in total. The van der Waals surface area contributed by atoms with Crippen LogP contribution in [0, 0.1) is 5.92 Å². The third-order valence-electron chi connectivity index (χ3n) is 2.68. The fourth-order valence-corrected chi connectivity index (χ4v) is 3.32. The van der Waals surface area contributed by atoms with Crippen molar-refractivity contribution >= 4 is 25.6 Å². The zero-order chi connectivity index (χ0) is 12.5. The van der Waals surface area contributed by atoms with Gasteiger partial charge >= 0.3 is 0 Å². The van der Waals surface area contributed by atoms with Gasteiger partial charge in [-0.2, -0.15) is 0 Å². The number of carbonyl (C=O) groups excluding carboxylic acids is 1. The van der Waals surface area contributed by atoms with Crippen molar-refractivity contribution in [2.24, 2.45) is 5.92 Å². The monoisotopic (exact) mass is 277 g/mol. The molecule has 94 valence electrons. The van der Waals surface area contributed by atoms with Crippen LogP contribution in [-0.4, -0.2) is 31.5 Å². The highest BCUT2D eigenvalue weighted by Gasteiger charge is 2.32. The molecule has 1 aliphatic rings. The van der Waals surface area contributed by atoms with E-state index in [1.54, 1.807) is 17.2 Å². The average molecular weight is 278 g/mol. The van der Waals surface area contributed by atoms with Crippen molar-refractivity contribution in [2.45, 2.75) is 13.0 Å². The van der Waals surface area contributed by atoms with Gasteiger partial charge in [-0.05, 0) is 6.07 Å². The number of amides is 1. The van der Waals surface area contributed by atoms with Crippen molar-refractivity contribution in [3.63, 3.8) is 0 Å². The number of furan rings is 1. The van der Waals surface area contributed by atoms with Crippen molar-refractivity contribution in [1.29, 1.82) is 0 Å². The molecular formula is C10H12ClNO4S. The summed E-state index contributed by atoms with van der Waals surface area (Å²) in [5.74, 6) is -0.407. The largest absolute Gasteiger partial charge is 0.472 e. The second kappa shape index (κ2) is 4.70. The molecule has 1 unspecified atom stereocenters. The molecule has 1 atom stereocenters. The molecule has 0 radical (unpaired) electrons. The highest BCUT2D eigenvalue weighted by Crippen LogP contribution is 2.22. The fraction of sp³-hybridized carbons (Fsp3) is 0.500. The van der Waals surface area contributed by atoms with Gasteiger partial charge in [0.25, 0.3) is 0 Å². The number of hydrogen-bond donors (Lipinski definition) is 0. The summed E-state index contributed by atoms with van der Waals surface area (Å²) in [4.78, 5) is 13.3. The maximum atomic E-state index is 11.7. The summed E-state index contributed by atoms with van der Waals surface area (Å²) in [5.41, 5.74) is 0.896. The summed E-state index contributed by atoms with van der Waals surface area (Å²) in [7, 11) is 1.64. The summed E-state index contributed by atoms with van der Waals surface area (Å²) in [6, 6.07) is 1.78. The number of hydrogen-bond acceptors (Lipinski definition) is 4. The van der Waals surface area contributed by atoms with Crippen LogP contribution in [0.2, 0.25) is 0 Å². The normalized spacial score (nSPS) is 21.1. The number of likely N-dealkylation sites (tertiary alicyclic amines) is 1. The number of carbonyl (C=O) groups is 1. The van der Waals surface area contributed by atoms with E-state index in [1.165, 1.54) is 6.26 Å². The maximum absolute atomic E-state index is 11.7. The van der Waals surface area contributed by atoms with Crippen LogP contribution in [0.25, 0.3) is 0 Å². The lowest BCUT2D eigenvalue weighted by Gasteiger charge is -2.14. The van der Waals surface area contributed by atoms with Crippen molar-refractivity contribution in [2.75, 3.05) is 12.3 Å². The van der Waals surface area contributed by atoms with E-state index < -0.39 is 9.05 Å². The van der Waals surface area contributed by atoms with Gasteiger partial charge in [0.2, 0.25) is 15.0 Å². The van der Waals surface area contributed by atoms with Crippen molar-refractivity contribution in [3.05, 3.63) is 24.2 Å². The molecule has 1 aliphatic heterocycles. The van der Waals surface area contributed by atoms with Crippen LogP contribution in [0.4, 0.5) is 0 Å². The summed E-state index contributed by atoms with van der Waals surface area (Å²) < 4.78 is 26.8. The minimum atomic E-state index is -3.54. The minimum Gasteiger partial charge on any atom is -0.472 e. The Morgan fingerprint density at radius 3 is 2.88 bits per heavy atom. The van der Waals surface area contributed by atoms with E-state index >= 15 is 0 Å². The topological polar surface area (TPSA) is 67.6 Å². The molecule has 1 amide bonds. The first-order valence-electron chi connectivity index (χ1n) is 5.15. The standard InChI is InChI=1S/C10H12ClNO4S/c11-17(14,15)7-9-3-10(13)12(5-9)4-8-1-2-16-6-8/h1-2,6,9H,3-5,7H2. The predicted octanol–water partition coefficient (Wildman–Crippen LogP) is 1.20. The molecule has 0 aromatic carbocycles. The summed E-state index contributed by atoms with van der Waals surface area (Å²) in [6.07, 6.45) is 3.35. The molecule has 1 aromatic rings. The van der Waals surface area contributed by atoms with Crippen molar-refractivity contribution in [3.8, 4) is 0 Å². The zero-order valence-corrected chi connectivity index (χ0v) is 10.6. The lowest BCUT2D eigenvalue weighted by molar-refractivity contribution is -0.128. The number of nitrogens with zero attached hydrogens (tertiary/aromatic N) is 1. The second-order valence-electron chi connectivity index (χ2n) is 4.18. The first-order valence-corrected chi connectivity index (χ1v) is 7.63. The van der Waals surface area contributed by atoms with E-state index in [2.05, 4.69) is 0 Å². The van der Waals surface area contributed by atoms with Crippen LogP contribution >= 0.6 is 10.7 Å². The van der Waals surface area contributed by atoms with Crippen LogP contribution in [0.5, 0.6) is 0 Å². The quantitative estimate of drug-likeness (QED) is 0.776. The van der Waals surface area contributed by atoms with Gasteiger partial charge < -0.3 is 9.32 Å². The Kier molecular flexibility index (Phi) is 3.44. The van der Waals surface area contributed by atoms with Crippen LogP contribution in [-0.2, 0) is 20.4 Å². The lowest BCUT2D eigenvalue weighted by atomic mass is 10.1. The molecule has 1 fully saturated rings. The number of rotatable bonds is 4. The molecule has 2 rings (SSSR count). The molecule has 5 nitrogen and oxygen atoms in total. The SMILES string of the molecule is O=C1CC(CS(=O)(=O)Cl)CN1Cc1ccoc1. The minimum absolute atomic E-state index is 0.0449. The highest BCUT2D eigenvalue weighted by molar-refractivity contribution is 8.13. The zero-order valence-electron chi connectivity index (χ0n) is 9.00. The molecule has 2 heterocycles. The van der Waals surface area contributed by atoms with Crippen LogP contribution in [0.15, 0.2) is 23.0 Å². The van der Waals surface area contributed by atoms with E-state index in [-0.39, 0.29) is 24.0 Å². The van der Waals surface area contributed by atoms with Gasteiger partial charge in [0.1, 0.15) is 0 Å². The van der Waals surface area contributed by atoms with E-state index in [9.17, 15) is 13.2 Å². The summed E-state index contributed by atoms with van der Waals surface area (Å²) in [5, 5.41) is 0. The lowest BCUT2D eigenvalue weighted by Crippen LogP contribution is -2.25. The average Bonchev–Trinajstić information content (AvgIpc) is 2.75. The van der Waals surface area contributed by atoms with Crippen LogP contribution in [0.3, 0.4) is 0 Å². The van der Waals surface area contributed by atoms with Gasteiger partial charge in [-0.25, -0.2) is 8.42 Å². The van der Waals surface area contributed by atoms with Gasteiger partial charge in [-0.15, -0.1) is 0 Å². The van der Waals surface area contributed by atoms with E-state index in [0.717, 1.165) is 5.56 Å². The molecule has 1 aromatic heterocycles. The Bertz CT molecular complexity index is 496. The Morgan fingerprint density at radius 1 is 1.53 bits per heavy atom. The summed E-state index contributed by atoms with van der Waals surface area (Å²) >= 11 is 0. The fourth-order valence-electron chi connectivity index (χ4n) is 2.00. The smallest absolute Gasteiger partial charge is 0.232 e. The maximum Gasteiger partial charge on any atom is 0.232 e. The van der Waals surface area contributed by atoms with Gasteiger partial charge in [0.05, 0.1) is 18.3 Å². The molecular weight excluding hydrogens is 266 g/mol. The predicted molar refractivity (Wildman–Crippen MR) is 61.9 cm³/mol. The van der Waals surface area contributed by atoms with Crippen molar-refractivity contribution in [1.82, 2.24) is 4.90 Å². The third-order valence-corrected chi connectivity index (χ3v) is 3.93. The molecule has 0 aliphatic carbocycles. The van der Waals surface area contributed by atoms with Crippen molar-refractivity contribution < 1.29 is 17.6 Å².